The zero-order valence-electron chi connectivity index (χ0n) is 19.9. The molecule has 2 atom stereocenters. The smallest absolute Gasteiger partial charge is 0.216 e. The molecule has 0 radical (unpaired) electrons. The summed E-state index contributed by atoms with van der Waals surface area (Å²) >= 11 is 9.78. The van der Waals surface area contributed by atoms with E-state index in [1.54, 1.807) is 37.9 Å². The van der Waals surface area contributed by atoms with Crippen LogP contribution >= 0.6 is 34.7 Å². The quantitative estimate of drug-likeness (QED) is 0.276. The number of thioether (sulfide) groups is 1. The minimum Gasteiger partial charge on any atom is -0.386 e. The fourth-order valence-corrected chi connectivity index (χ4v) is 9.36. The maximum absolute atomic E-state index is 13.3. The Bertz CT molecular complexity index is 1510. The number of pyridine rings is 1. The van der Waals surface area contributed by atoms with Crippen molar-refractivity contribution in [2.75, 3.05) is 11.5 Å². The van der Waals surface area contributed by atoms with Crippen LogP contribution in [0.2, 0.25) is 5.02 Å². The lowest BCUT2D eigenvalue weighted by Crippen LogP contribution is -2.37. The van der Waals surface area contributed by atoms with Crippen molar-refractivity contribution in [3.05, 3.63) is 87.9 Å². The zero-order chi connectivity index (χ0) is 25.5. The van der Waals surface area contributed by atoms with E-state index in [-0.39, 0.29) is 0 Å². The lowest BCUT2D eigenvalue weighted by atomic mass is 9.97. The Kier molecular flexibility index (Phi) is 7.20. The number of aromatic nitrogens is 1. The fraction of sp³-hybridized carbons (Fsp3) is 0.296. The predicted molar refractivity (Wildman–Crippen MR) is 151 cm³/mol. The third-order valence-electron chi connectivity index (χ3n) is 6.42. The zero-order valence-corrected chi connectivity index (χ0v) is 23.1. The SMILES string of the molecule is CC(C)(O)c1ccnc(-c2cccc3cc([C@H](NS(=O)(=O)C4CCSC4)c4ccccc4Cl)sc23)c1. The van der Waals surface area contributed by atoms with Gasteiger partial charge < -0.3 is 5.11 Å². The van der Waals surface area contributed by atoms with Crippen molar-refractivity contribution in [2.45, 2.75) is 37.2 Å². The van der Waals surface area contributed by atoms with Crippen molar-refractivity contribution >= 4 is 54.8 Å². The van der Waals surface area contributed by atoms with E-state index in [0.717, 1.165) is 43.1 Å². The largest absolute Gasteiger partial charge is 0.386 e. The Balaban J connectivity index is 1.62. The number of thiophene rings is 1. The van der Waals surface area contributed by atoms with Crippen LogP contribution in [0.4, 0.5) is 0 Å². The van der Waals surface area contributed by atoms with Crippen LogP contribution < -0.4 is 4.72 Å². The molecule has 0 spiro atoms. The van der Waals surface area contributed by atoms with E-state index in [1.807, 2.05) is 54.6 Å². The van der Waals surface area contributed by atoms with Crippen molar-refractivity contribution in [3.8, 4) is 11.3 Å². The molecular formula is C27H27ClN2O3S3. The average Bonchev–Trinajstić information content (AvgIpc) is 3.53. The topological polar surface area (TPSA) is 79.3 Å². The van der Waals surface area contributed by atoms with Gasteiger partial charge in [-0.3, -0.25) is 4.98 Å². The van der Waals surface area contributed by atoms with Crippen LogP contribution in [-0.2, 0) is 15.6 Å². The Morgan fingerprint density at radius 1 is 1.14 bits per heavy atom. The Morgan fingerprint density at radius 3 is 2.67 bits per heavy atom. The predicted octanol–water partition coefficient (Wildman–Crippen LogP) is 6.36. The monoisotopic (exact) mass is 558 g/mol. The summed E-state index contributed by atoms with van der Waals surface area (Å²) in [4.78, 5) is 5.43. The molecule has 0 amide bonds. The molecule has 188 valence electrons. The summed E-state index contributed by atoms with van der Waals surface area (Å²) in [7, 11) is -3.56. The van der Waals surface area contributed by atoms with Crippen LogP contribution in [0.3, 0.4) is 0 Å². The molecule has 0 aliphatic carbocycles. The molecule has 2 N–H and O–H groups in total. The van der Waals surface area contributed by atoms with Gasteiger partial charge in [0.2, 0.25) is 10.0 Å². The van der Waals surface area contributed by atoms with E-state index in [2.05, 4.69) is 9.71 Å². The van der Waals surface area contributed by atoms with E-state index >= 15 is 0 Å². The molecular weight excluding hydrogens is 532 g/mol. The summed E-state index contributed by atoms with van der Waals surface area (Å²) in [6, 6.07) is 18.5. The molecule has 1 fully saturated rings. The Hall–Kier alpha value is -1.94. The van der Waals surface area contributed by atoms with Gasteiger partial charge in [-0.1, -0.05) is 48.0 Å². The van der Waals surface area contributed by atoms with Gasteiger partial charge >= 0.3 is 0 Å². The number of nitrogens with zero attached hydrogens (tertiary/aromatic N) is 1. The summed E-state index contributed by atoms with van der Waals surface area (Å²) in [5, 5.41) is 11.6. The van der Waals surface area contributed by atoms with E-state index in [1.165, 1.54) is 11.3 Å². The molecule has 1 saturated heterocycles. The highest BCUT2D eigenvalue weighted by atomic mass is 35.5. The summed E-state index contributed by atoms with van der Waals surface area (Å²) in [6.07, 6.45) is 2.35. The highest BCUT2D eigenvalue weighted by Crippen LogP contribution is 2.41. The molecule has 3 heterocycles. The first-order chi connectivity index (χ1) is 17.1. The lowest BCUT2D eigenvalue weighted by molar-refractivity contribution is 0.0785. The summed E-state index contributed by atoms with van der Waals surface area (Å²) in [6.45, 7) is 3.50. The molecule has 1 aliphatic rings. The minimum atomic E-state index is -3.56. The molecule has 2 aromatic heterocycles. The van der Waals surface area contributed by atoms with Gasteiger partial charge in [0.25, 0.3) is 0 Å². The fourth-order valence-electron chi connectivity index (χ4n) is 4.39. The molecule has 5 nitrogen and oxygen atoms in total. The van der Waals surface area contributed by atoms with Crippen molar-refractivity contribution < 1.29 is 13.5 Å². The van der Waals surface area contributed by atoms with Gasteiger partial charge in [0, 0.05) is 32.1 Å². The van der Waals surface area contributed by atoms with Crippen LogP contribution in [0, 0.1) is 0 Å². The number of hydrogen-bond acceptors (Lipinski definition) is 6. The Labute approximate surface area is 225 Å². The Morgan fingerprint density at radius 2 is 1.94 bits per heavy atom. The molecule has 9 heteroatoms. The van der Waals surface area contributed by atoms with Crippen molar-refractivity contribution in [2.24, 2.45) is 0 Å². The van der Waals surface area contributed by atoms with Crippen LogP contribution in [0.25, 0.3) is 21.3 Å². The molecule has 2 aromatic carbocycles. The van der Waals surface area contributed by atoms with Crippen LogP contribution in [-0.4, -0.2) is 35.3 Å². The number of rotatable bonds is 7. The van der Waals surface area contributed by atoms with Crippen molar-refractivity contribution in [1.29, 1.82) is 0 Å². The molecule has 5 rings (SSSR count). The highest BCUT2D eigenvalue weighted by molar-refractivity contribution is 8.01. The van der Waals surface area contributed by atoms with E-state index in [9.17, 15) is 13.5 Å². The molecule has 0 saturated carbocycles. The van der Waals surface area contributed by atoms with Gasteiger partial charge in [-0.15, -0.1) is 11.3 Å². The van der Waals surface area contributed by atoms with E-state index in [4.69, 9.17) is 11.6 Å². The second-order valence-corrected chi connectivity index (χ2v) is 14.1. The molecule has 1 aliphatic heterocycles. The number of nitrogens with one attached hydrogen (secondary N) is 1. The number of aliphatic hydroxyl groups is 1. The van der Waals surface area contributed by atoms with Crippen LogP contribution in [0.15, 0.2) is 66.9 Å². The van der Waals surface area contributed by atoms with E-state index in [0.29, 0.717) is 17.2 Å². The second kappa shape index (κ2) is 10.1. The maximum Gasteiger partial charge on any atom is 0.216 e. The first kappa shape index (κ1) is 25.7. The van der Waals surface area contributed by atoms with Crippen molar-refractivity contribution in [3.63, 3.8) is 0 Å². The highest BCUT2D eigenvalue weighted by Gasteiger charge is 2.33. The van der Waals surface area contributed by atoms with Gasteiger partial charge in [-0.2, -0.15) is 11.8 Å². The van der Waals surface area contributed by atoms with Gasteiger partial charge in [0.15, 0.2) is 0 Å². The summed E-state index contributed by atoms with van der Waals surface area (Å²) in [5.41, 5.74) is 2.20. The second-order valence-electron chi connectivity index (χ2n) is 9.46. The third kappa shape index (κ3) is 5.21. The van der Waals surface area contributed by atoms with Crippen LogP contribution in [0.5, 0.6) is 0 Å². The lowest BCUT2D eigenvalue weighted by Gasteiger charge is -2.21. The minimum absolute atomic E-state index is 0.411. The summed E-state index contributed by atoms with van der Waals surface area (Å²) in [5.74, 6) is 1.45. The maximum atomic E-state index is 13.3. The number of hydrogen-bond donors (Lipinski definition) is 2. The average molecular weight is 559 g/mol. The van der Waals surface area contributed by atoms with E-state index < -0.39 is 26.9 Å². The standard InChI is InChI=1S/C27H27ClN2O3S3/c1-27(2,31)18-10-12-29-23(15-18)21-8-5-6-17-14-24(35-26(17)21)25(20-7-3-4-9-22(20)28)30-36(32,33)19-11-13-34-16-19/h3-10,12,14-15,19,25,30-31H,11,13,16H2,1-2H3/t19?,25-/m1/s1. The number of sulfonamides is 1. The molecule has 4 aromatic rings. The van der Waals surface area contributed by atoms with Gasteiger partial charge in [0.1, 0.15) is 0 Å². The molecule has 1 unspecified atom stereocenters. The third-order valence-corrected chi connectivity index (χ3v) is 11.2. The number of fused-ring (bicyclic) bond motifs is 1. The molecule has 36 heavy (non-hydrogen) atoms. The van der Waals surface area contributed by atoms with Gasteiger partial charge in [0.05, 0.1) is 22.6 Å². The first-order valence-electron chi connectivity index (χ1n) is 11.7. The first-order valence-corrected chi connectivity index (χ1v) is 15.6. The normalized spacial score (nSPS) is 17.5. The van der Waals surface area contributed by atoms with Gasteiger partial charge in [-0.25, -0.2) is 13.1 Å². The number of benzene rings is 2. The van der Waals surface area contributed by atoms with Crippen molar-refractivity contribution in [1.82, 2.24) is 9.71 Å². The number of halogens is 1. The van der Waals surface area contributed by atoms with Crippen LogP contribution in [0.1, 0.15) is 42.3 Å². The van der Waals surface area contributed by atoms with Gasteiger partial charge in [-0.05, 0) is 66.8 Å². The summed E-state index contributed by atoms with van der Waals surface area (Å²) < 4.78 is 30.7. The molecule has 0 bridgehead atoms.